The second-order valence-electron chi connectivity index (χ2n) is 4.62. The first-order chi connectivity index (χ1) is 6.84. The largest absolute Gasteiger partial charge is 0.393 e. The lowest BCUT2D eigenvalue weighted by Crippen LogP contribution is -2.36. The van der Waals surface area contributed by atoms with Crippen LogP contribution in [0.25, 0.3) is 0 Å². The molecular formula is C11H21NO2. The Morgan fingerprint density at radius 2 is 2.21 bits per heavy atom. The van der Waals surface area contributed by atoms with E-state index in [1.54, 1.807) is 0 Å². The van der Waals surface area contributed by atoms with Gasteiger partial charge >= 0.3 is 0 Å². The molecule has 14 heavy (non-hydrogen) atoms. The summed E-state index contributed by atoms with van der Waals surface area (Å²) in [5.41, 5.74) is 0. The van der Waals surface area contributed by atoms with Gasteiger partial charge in [0.25, 0.3) is 0 Å². The summed E-state index contributed by atoms with van der Waals surface area (Å²) in [5.74, 6) is 0.717. The third kappa shape index (κ3) is 2.94. The fraction of sp³-hybridized carbons (Fsp3) is 1.00. The highest BCUT2D eigenvalue weighted by atomic mass is 16.5. The van der Waals surface area contributed by atoms with E-state index in [2.05, 4.69) is 5.32 Å². The summed E-state index contributed by atoms with van der Waals surface area (Å²) in [5, 5.41) is 12.5. The topological polar surface area (TPSA) is 41.5 Å². The molecule has 1 unspecified atom stereocenters. The standard InChI is InChI=1S/C11H21NO2/c13-10-6-9(7-10)8-12-4-3-11-2-1-5-14-11/h9-13H,1-8H2. The van der Waals surface area contributed by atoms with Gasteiger partial charge in [0.15, 0.2) is 0 Å². The Balaban J connectivity index is 1.43. The molecule has 0 spiro atoms. The van der Waals surface area contributed by atoms with E-state index >= 15 is 0 Å². The minimum atomic E-state index is -0.0139. The summed E-state index contributed by atoms with van der Waals surface area (Å²) in [4.78, 5) is 0. The Morgan fingerprint density at radius 3 is 2.86 bits per heavy atom. The van der Waals surface area contributed by atoms with E-state index in [1.165, 1.54) is 12.8 Å². The normalized spacial score (nSPS) is 37.1. The number of aliphatic hydroxyl groups excluding tert-OH is 1. The first-order valence-corrected chi connectivity index (χ1v) is 5.85. The molecule has 0 radical (unpaired) electrons. The van der Waals surface area contributed by atoms with Gasteiger partial charge in [-0.2, -0.15) is 0 Å². The number of aliphatic hydroxyl groups is 1. The molecule has 2 fully saturated rings. The number of ether oxygens (including phenoxy) is 1. The fourth-order valence-corrected chi connectivity index (χ4v) is 2.31. The Hall–Kier alpha value is -0.120. The van der Waals surface area contributed by atoms with Gasteiger partial charge in [0.2, 0.25) is 0 Å². The van der Waals surface area contributed by atoms with Crippen molar-refractivity contribution in [2.45, 2.75) is 44.3 Å². The summed E-state index contributed by atoms with van der Waals surface area (Å²) in [6, 6.07) is 0. The van der Waals surface area contributed by atoms with Crippen molar-refractivity contribution in [2.75, 3.05) is 19.7 Å². The van der Waals surface area contributed by atoms with Crippen LogP contribution in [0, 0.1) is 5.92 Å². The zero-order valence-corrected chi connectivity index (χ0v) is 8.74. The molecule has 3 heteroatoms. The van der Waals surface area contributed by atoms with Crippen LogP contribution in [0.3, 0.4) is 0 Å². The van der Waals surface area contributed by atoms with Gasteiger partial charge in [-0.3, -0.25) is 0 Å². The van der Waals surface area contributed by atoms with Crippen LogP contribution >= 0.6 is 0 Å². The molecule has 2 aliphatic rings. The van der Waals surface area contributed by atoms with Gasteiger partial charge in [0, 0.05) is 6.61 Å². The SMILES string of the molecule is OC1CC(CNCCC2CCCO2)C1. The average Bonchev–Trinajstić information content (AvgIpc) is 2.61. The Bertz CT molecular complexity index is 163. The Kier molecular flexibility index (Phi) is 3.79. The molecule has 1 aliphatic heterocycles. The van der Waals surface area contributed by atoms with Crippen LogP contribution in [0.4, 0.5) is 0 Å². The molecule has 0 bridgehead atoms. The van der Waals surface area contributed by atoms with E-state index in [9.17, 15) is 0 Å². The van der Waals surface area contributed by atoms with Crippen molar-refractivity contribution in [1.29, 1.82) is 0 Å². The number of nitrogens with one attached hydrogen (secondary N) is 1. The minimum absolute atomic E-state index is 0.0139. The van der Waals surface area contributed by atoms with Gasteiger partial charge in [0.1, 0.15) is 0 Å². The molecule has 2 N–H and O–H groups in total. The van der Waals surface area contributed by atoms with Gasteiger partial charge in [-0.05, 0) is 51.1 Å². The number of rotatable bonds is 5. The van der Waals surface area contributed by atoms with Crippen LogP contribution in [0.5, 0.6) is 0 Å². The first kappa shape index (κ1) is 10.4. The molecule has 82 valence electrons. The van der Waals surface area contributed by atoms with E-state index in [1.807, 2.05) is 0 Å². The highest BCUT2D eigenvalue weighted by molar-refractivity contribution is 4.80. The molecule has 3 nitrogen and oxygen atoms in total. The molecule has 0 amide bonds. The molecule has 0 aromatic carbocycles. The van der Waals surface area contributed by atoms with Crippen LogP contribution < -0.4 is 5.32 Å². The van der Waals surface area contributed by atoms with Gasteiger partial charge in [0.05, 0.1) is 12.2 Å². The number of hydrogen-bond acceptors (Lipinski definition) is 3. The summed E-state index contributed by atoms with van der Waals surface area (Å²) < 4.78 is 5.54. The zero-order valence-electron chi connectivity index (χ0n) is 8.74. The molecular weight excluding hydrogens is 178 g/mol. The van der Waals surface area contributed by atoms with Crippen molar-refractivity contribution in [3.05, 3.63) is 0 Å². The van der Waals surface area contributed by atoms with E-state index in [0.29, 0.717) is 6.10 Å². The van der Waals surface area contributed by atoms with E-state index < -0.39 is 0 Å². The summed E-state index contributed by atoms with van der Waals surface area (Å²) in [7, 11) is 0. The van der Waals surface area contributed by atoms with Gasteiger partial charge in [-0.1, -0.05) is 0 Å². The monoisotopic (exact) mass is 199 g/mol. The van der Waals surface area contributed by atoms with E-state index in [0.717, 1.165) is 44.9 Å². The lowest BCUT2D eigenvalue weighted by atomic mass is 9.82. The van der Waals surface area contributed by atoms with E-state index in [4.69, 9.17) is 9.84 Å². The first-order valence-electron chi connectivity index (χ1n) is 5.85. The predicted molar refractivity (Wildman–Crippen MR) is 55.2 cm³/mol. The van der Waals surface area contributed by atoms with Crippen molar-refractivity contribution in [1.82, 2.24) is 5.32 Å². The van der Waals surface area contributed by atoms with Crippen molar-refractivity contribution in [3.63, 3.8) is 0 Å². The Labute approximate surface area is 85.8 Å². The molecule has 0 aromatic heterocycles. The third-order valence-corrected chi connectivity index (χ3v) is 3.31. The van der Waals surface area contributed by atoms with Crippen LogP contribution in [-0.4, -0.2) is 37.0 Å². The van der Waals surface area contributed by atoms with E-state index in [-0.39, 0.29) is 6.10 Å². The summed E-state index contributed by atoms with van der Waals surface area (Å²) in [6.45, 7) is 3.10. The molecule has 1 saturated carbocycles. The minimum Gasteiger partial charge on any atom is -0.393 e. The zero-order chi connectivity index (χ0) is 9.80. The van der Waals surface area contributed by atoms with Crippen molar-refractivity contribution in [2.24, 2.45) is 5.92 Å². The molecule has 0 aromatic rings. The second kappa shape index (κ2) is 5.10. The highest BCUT2D eigenvalue weighted by Gasteiger charge is 2.26. The number of hydrogen-bond donors (Lipinski definition) is 2. The van der Waals surface area contributed by atoms with Crippen LogP contribution in [-0.2, 0) is 4.74 Å². The Morgan fingerprint density at radius 1 is 1.36 bits per heavy atom. The molecule has 1 saturated heterocycles. The quantitative estimate of drug-likeness (QED) is 0.647. The van der Waals surface area contributed by atoms with Gasteiger partial charge < -0.3 is 15.2 Å². The van der Waals surface area contributed by atoms with Gasteiger partial charge in [-0.15, -0.1) is 0 Å². The molecule has 1 heterocycles. The third-order valence-electron chi connectivity index (χ3n) is 3.31. The predicted octanol–water partition coefficient (Wildman–Crippen LogP) is 0.916. The second-order valence-corrected chi connectivity index (χ2v) is 4.62. The highest BCUT2D eigenvalue weighted by Crippen LogP contribution is 2.26. The van der Waals surface area contributed by atoms with Gasteiger partial charge in [-0.25, -0.2) is 0 Å². The maximum Gasteiger partial charge on any atom is 0.0588 e. The van der Waals surface area contributed by atoms with Crippen LogP contribution in [0.2, 0.25) is 0 Å². The summed E-state index contributed by atoms with van der Waals surface area (Å²) >= 11 is 0. The fourth-order valence-electron chi connectivity index (χ4n) is 2.31. The lowest BCUT2D eigenvalue weighted by Gasteiger charge is -2.31. The summed E-state index contributed by atoms with van der Waals surface area (Å²) in [6.07, 6.45) is 6.10. The van der Waals surface area contributed by atoms with Crippen molar-refractivity contribution < 1.29 is 9.84 Å². The molecule has 1 atom stereocenters. The smallest absolute Gasteiger partial charge is 0.0588 e. The average molecular weight is 199 g/mol. The van der Waals surface area contributed by atoms with Crippen LogP contribution in [0.15, 0.2) is 0 Å². The lowest BCUT2D eigenvalue weighted by molar-refractivity contribution is 0.0422. The maximum atomic E-state index is 9.10. The van der Waals surface area contributed by atoms with Crippen LogP contribution in [0.1, 0.15) is 32.1 Å². The molecule has 1 aliphatic carbocycles. The maximum absolute atomic E-state index is 9.10. The molecule has 2 rings (SSSR count). The van der Waals surface area contributed by atoms with Crippen molar-refractivity contribution >= 4 is 0 Å². The van der Waals surface area contributed by atoms with Crippen molar-refractivity contribution in [3.8, 4) is 0 Å².